The number of carbonyl (C=O) groups excluding carboxylic acids is 2. The van der Waals surface area contributed by atoms with Gasteiger partial charge in [-0.15, -0.1) is 0 Å². The molecule has 0 bridgehead atoms. The molecule has 20 heavy (non-hydrogen) atoms. The predicted octanol–water partition coefficient (Wildman–Crippen LogP) is 1.00. The van der Waals surface area contributed by atoms with E-state index in [1.54, 1.807) is 6.92 Å². The minimum absolute atomic E-state index is 0.0870. The number of benzene rings is 1. The Labute approximate surface area is 113 Å². The van der Waals surface area contributed by atoms with Crippen LogP contribution in [-0.2, 0) is 16.0 Å². The molecule has 0 unspecified atom stereocenters. The maximum atomic E-state index is 12.0. The van der Waals surface area contributed by atoms with Crippen LogP contribution in [0.4, 0.5) is 0 Å². The highest BCUT2D eigenvalue weighted by Crippen LogP contribution is 2.47. The van der Waals surface area contributed by atoms with Crippen LogP contribution in [0.1, 0.15) is 28.4 Å². The quantitative estimate of drug-likeness (QED) is 0.362. The zero-order valence-electron chi connectivity index (χ0n) is 10.7. The zero-order chi connectivity index (χ0) is 15.2. The summed E-state index contributed by atoms with van der Waals surface area (Å²) in [5.41, 5.74) is -1.14. The molecule has 0 amide bonds. The Morgan fingerprint density at radius 2 is 1.50 bits per heavy atom. The number of methoxy groups -OCH3 is 1. The molecule has 0 radical (unpaired) electrons. The molecule has 1 aliphatic rings. The summed E-state index contributed by atoms with van der Waals surface area (Å²) in [6.45, 7) is 1.58. The van der Waals surface area contributed by atoms with E-state index in [-0.39, 0.29) is 12.0 Å². The second-order valence-electron chi connectivity index (χ2n) is 4.17. The van der Waals surface area contributed by atoms with E-state index in [0.717, 1.165) is 7.11 Å². The molecule has 7 heteroatoms. The predicted molar refractivity (Wildman–Crippen MR) is 66.7 cm³/mol. The molecule has 1 aromatic carbocycles. The minimum atomic E-state index is -1.14. The second kappa shape index (κ2) is 4.44. The highest BCUT2D eigenvalue weighted by atomic mass is 16.5. The van der Waals surface area contributed by atoms with E-state index in [0.29, 0.717) is 0 Å². The monoisotopic (exact) mass is 280 g/mol. The highest BCUT2D eigenvalue weighted by Gasteiger charge is 2.40. The Morgan fingerprint density at radius 3 is 2.00 bits per heavy atom. The molecule has 2 rings (SSSR count). The number of aliphatic hydroxyl groups excluding tert-OH is 1. The first-order valence-electron chi connectivity index (χ1n) is 5.73. The van der Waals surface area contributed by atoms with Gasteiger partial charge in [-0.25, -0.2) is 0 Å². The number of Topliss-reactive ketones (excluding diaryl/α,β-unsaturated/α-hetero) is 2. The van der Waals surface area contributed by atoms with Gasteiger partial charge in [-0.05, 0) is 6.42 Å². The SMILES string of the molecule is CCc1c(O)c(O)c2c(c1O)C(=O)C(=O)C(OC)=C2O. The van der Waals surface area contributed by atoms with Crippen LogP contribution in [0, 0.1) is 0 Å². The number of hydrogen-bond donors (Lipinski definition) is 4. The fraction of sp³-hybridized carbons (Fsp3) is 0.231. The van der Waals surface area contributed by atoms with Crippen molar-refractivity contribution in [1.29, 1.82) is 0 Å². The first-order chi connectivity index (χ1) is 9.36. The van der Waals surface area contributed by atoms with Crippen LogP contribution in [0.25, 0.3) is 5.76 Å². The standard InChI is InChI=1S/C13H12O7/c1-3-4-7(14)5-6(9(16)8(4)15)11(18)13(20-2)12(19)10(5)17/h14-16,18H,3H2,1-2H3. The van der Waals surface area contributed by atoms with Crippen molar-refractivity contribution in [2.75, 3.05) is 7.11 Å². The molecule has 1 aromatic rings. The van der Waals surface area contributed by atoms with Gasteiger partial charge in [0.15, 0.2) is 17.3 Å². The molecule has 0 fully saturated rings. The summed E-state index contributed by atoms with van der Waals surface area (Å²) in [4.78, 5) is 23.7. The van der Waals surface area contributed by atoms with Crippen molar-refractivity contribution in [3.05, 3.63) is 22.4 Å². The average molecular weight is 280 g/mol. The molecule has 0 spiro atoms. The molecule has 0 saturated carbocycles. The molecule has 0 atom stereocenters. The Bertz CT molecular complexity index is 670. The Kier molecular flexibility index (Phi) is 3.05. The number of carbonyl (C=O) groups is 2. The van der Waals surface area contributed by atoms with Gasteiger partial charge in [0.05, 0.1) is 18.2 Å². The first kappa shape index (κ1) is 13.7. The van der Waals surface area contributed by atoms with Gasteiger partial charge in [0, 0.05) is 5.56 Å². The maximum absolute atomic E-state index is 12.0. The lowest BCUT2D eigenvalue weighted by molar-refractivity contribution is -0.114. The van der Waals surface area contributed by atoms with Crippen LogP contribution in [0.15, 0.2) is 5.76 Å². The second-order valence-corrected chi connectivity index (χ2v) is 4.17. The van der Waals surface area contributed by atoms with E-state index in [4.69, 9.17) is 0 Å². The van der Waals surface area contributed by atoms with E-state index < -0.39 is 51.5 Å². The highest BCUT2D eigenvalue weighted by molar-refractivity contribution is 6.52. The largest absolute Gasteiger partial charge is 0.507 e. The number of ether oxygens (including phenoxy) is 1. The third-order valence-corrected chi connectivity index (χ3v) is 3.17. The van der Waals surface area contributed by atoms with Crippen molar-refractivity contribution in [2.45, 2.75) is 13.3 Å². The van der Waals surface area contributed by atoms with E-state index in [1.165, 1.54) is 0 Å². The Hall–Kier alpha value is -2.70. The van der Waals surface area contributed by atoms with E-state index in [1.807, 2.05) is 0 Å². The molecule has 106 valence electrons. The molecule has 0 aliphatic heterocycles. The fourth-order valence-corrected chi connectivity index (χ4v) is 2.17. The third kappa shape index (κ3) is 1.52. The first-order valence-corrected chi connectivity index (χ1v) is 5.73. The number of phenolic OH excluding ortho intramolecular Hbond substituents is 3. The number of phenols is 3. The van der Waals surface area contributed by atoms with Crippen LogP contribution in [-0.4, -0.2) is 39.1 Å². The lowest BCUT2D eigenvalue weighted by Crippen LogP contribution is -2.25. The summed E-state index contributed by atoms with van der Waals surface area (Å²) in [5.74, 6) is -5.82. The molecule has 0 saturated heterocycles. The molecular formula is C13H12O7. The lowest BCUT2D eigenvalue weighted by atomic mass is 9.88. The van der Waals surface area contributed by atoms with Crippen LogP contribution in [0.3, 0.4) is 0 Å². The average Bonchev–Trinajstić information content (AvgIpc) is 2.41. The molecule has 7 nitrogen and oxygen atoms in total. The number of hydrogen-bond acceptors (Lipinski definition) is 7. The van der Waals surface area contributed by atoms with Crippen molar-refractivity contribution < 1.29 is 34.8 Å². The zero-order valence-corrected chi connectivity index (χ0v) is 10.7. The normalized spacial score (nSPS) is 14.5. The Balaban J connectivity index is 2.97. The van der Waals surface area contributed by atoms with Gasteiger partial charge < -0.3 is 25.2 Å². The third-order valence-electron chi connectivity index (χ3n) is 3.17. The van der Waals surface area contributed by atoms with Crippen molar-refractivity contribution in [2.24, 2.45) is 0 Å². The van der Waals surface area contributed by atoms with Crippen molar-refractivity contribution in [1.82, 2.24) is 0 Å². The lowest BCUT2D eigenvalue weighted by Gasteiger charge is -2.21. The summed E-state index contributed by atoms with van der Waals surface area (Å²) in [6, 6.07) is 0. The van der Waals surface area contributed by atoms with E-state index >= 15 is 0 Å². The van der Waals surface area contributed by atoms with Crippen molar-refractivity contribution in [3.8, 4) is 17.2 Å². The molecule has 4 N–H and O–H groups in total. The smallest absolute Gasteiger partial charge is 0.272 e. The summed E-state index contributed by atoms with van der Waals surface area (Å²) in [6.07, 6.45) is 0.113. The number of allylic oxidation sites excluding steroid dienone is 1. The Morgan fingerprint density at radius 1 is 0.900 bits per heavy atom. The number of rotatable bonds is 2. The van der Waals surface area contributed by atoms with Gasteiger partial charge in [0.1, 0.15) is 5.75 Å². The van der Waals surface area contributed by atoms with Gasteiger partial charge in [-0.1, -0.05) is 6.92 Å². The van der Waals surface area contributed by atoms with Crippen molar-refractivity contribution in [3.63, 3.8) is 0 Å². The van der Waals surface area contributed by atoms with Gasteiger partial charge >= 0.3 is 0 Å². The molecular weight excluding hydrogens is 268 g/mol. The number of aromatic hydroxyl groups is 3. The number of aliphatic hydroxyl groups is 1. The summed E-state index contributed by atoms with van der Waals surface area (Å²) in [5, 5.41) is 39.6. The number of fused-ring (bicyclic) bond motifs is 1. The van der Waals surface area contributed by atoms with Crippen LogP contribution in [0.5, 0.6) is 17.2 Å². The van der Waals surface area contributed by atoms with Crippen LogP contribution >= 0.6 is 0 Å². The molecule has 0 heterocycles. The summed E-state index contributed by atoms with van der Waals surface area (Å²) < 4.78 is 4.62. The fourth-order valence-electron chi connectivity index (χ4n) is 2.17. The summed E-state index contributed by atoms with van der Waals surface area (Å²) >= 11 is 0. The topological polar surface area (TPSA) is 124 Å². The molecule has 1 aliphatic carbocycles. The van der Waals surface area contributed by atoms with Gasteiger partial charge in [-0.3, -0.25) is 9.59 Å². The van der Waals surface area contributed by atoms with Crippen molar-refractivity contribution >= 4 is 17.3 Å². The van der Waals surface area contributed by atoms with Gasteiger partial charge in [0.25, 0.3) is 5.78 Å². The van der Waals surface area contributed by atoms with E-state index in [2.05, 4.69) is 4.74 Å². The van der Waals surface area contributed by atoms with Crippen LogP contribution < -0.4 is 0 Å². The number of ketones is 2. The maximum Gasteiger partial charge on any atom is 0.272 e. The summed E-state index contributed by atoms with van der Waals surface area (Å²) in [7, 11) is 1.07. The van der Waals surface area contributed by atoms with Gasteiger partial charge in [-0.2, -0.15) is 0 Å². The minimum Gasteiger partial charge on any atom is -0.507 e. The van der Waals surface area contributed by atoms with Gasteiger partial charge in [0.2, 0.25) is 11.5 Å². The van der Waals surface area contributed by atoms with E-state index in [9.17, 15) is 30.0 Å². The molecule has 0 aromatic heterocycles. The van der Waals surface area contributed by atoms with Crippen LogP contribution in [0.2, 0.25) is 0 Å².